The molecular weight excluding hydrogens is 334 g/mol. The molecule has 7 nitrogen and oxygen atoms in total. The lowest BCUT2D eigenvalue weighted by molar-refractivity contribution is -0.384. The molecule has 0 bridgehead atoms. The first kappa shape index (κ1) is 16.3. The van der Waals surface area contributed by atoms with Gasteiger partial charge in [0.05, 0.1) is 21.7 Å². The van der Waals surface area contributed by atoms with E-state index in [-0.39, 0.29) is 11.4 Å². The van der Waals surface area contributed by atoms with Gasteiger partial charge in [-0.05, 0) is 43.5 Å². The summed E-state index contributed by atoms with van der Waals surface area (Å²) in [5, 5.41) is 11.6. The summed E-state index contributed by atoms with van der Waals surface area (Å²) in [5.41, 5.74) is 1.32. The Balaban J connectivity index is 1.74. The molecule has 2 aliphatic heterocycles. The van der Waals surface area contributed by atoms with Crippen molar-refractivity contribution in [2.45, 2.75) is 19.3 Å². The summed E-state index contributed by atoms with van der Waals surface area (Å²) >= 11 is 0. The predicted octanol–water partition coefficient (Wildman–Crippen LogP) is 3.39. The Kier molecular flexibility index (Phi) is 3.91. The van der Waals surface area contributed by atoms with Gasteiger partial charge < -0.3 is 4.90 Å². The largest absolute Gasteiger partial charge is 0.366 e. The number of nitrogens with zero attached hydrogens (tertiary/aromatic N) is 3. The maximum atomic E-state index is 12.6. The van der Waals surface area contributed by atoms with Gasteiger partial charge in [-0.15, -0.1) is 0 Å². The summed E-state index contributed by atoms with van der Waals surface area (Å²) in [6, 6.07) is 11.1. The van der Waals surface area contributed by atoms with Crippen LogP contribution in [0.2, 0.25) is 0 Å². The van der Waals surface area contributed by atoms with Crippen molar-refractivity contribution in [1.29, 1.82) is 0 Å². The lowest BCUT2D eigenvalue weighted by Gasteiger charge is -2.28. The van der Waals surface area contributed by atoms with Crippen LogP contribution in [0.1, 0.15) is 40.0 Å². The summed E-state index contributed by atoms with van der Waals surface area (Å²) < 4.78 is 0. The van der Waals surface area contributed by atoms with Gasteiger partial charge in [0.1, 0.15) is 5.69 Å². The van der Waals surface area contributed by atoms with Crippen LogP contribution in [0.3, 0.4) is 0 Å². The van der Waals surface area contributed by atoms with Gasteiger partial charge in [-0.1, -0.05) is 12.1 Å². The summed E-state index contributed by atoms with van der Waals surface area (Å²) in [5.74, 6) is -0.906. The van der Waals surface area contributed by atoms with Crippen molar-refractivity contribution in [3.05, 3.63) is 63.7 Å². The lowest BCUT2D eigenvalue weighted by Crippen LogP contribution is -2.31. The van der Waals surface area contributed by atoms with Crippen LogP contribution >= 0.6 is 0 Å². The molecule has 0 radical (unpaired) electrons. The number of benzene rings is 2. The molecule has 0 N–H and O–H groups in total. The zero-order valence-electron chi connectivity index (χ0n) is 14.1. The molecule has 2 amide bonds. The standard InChI is InChI=1S/C19H17N3O4/c23-18-14-6-2-3-7-15(14)19(24)21(18)13-8-9-16(17(12-13)22(25)26)20-10-4-1-5-11-20/h2-3,6-9,12H,1,4-5,10-11H2. The predicted molar refractivity (Wildman–Crippen MR) is 96.7 cm³/mol. The second kappa shape index (κ2) is 6.25. The fourth-order valence-electron chi connectivity index (χ4n) is 3.62. The molecule has 2 aliphatic rings. The van der Waals surface area contributed by atoms with E-state index in [0.29, 0.717) is 16.8 Å². The smallest absolute Gasteiger partial charge is 0.294 e. The van der Waals surface area contributed by atoms with Crippen molar-refractivity contribution in [3.63, 3.8) is 0 Å². The fourth-order valence-corrected chi connectivity index (χ4v) is 3.62. The molecule has 0 aliphatic carbocycles. The van der Waals surface area contributed by atoms with Gasteiger partial charge in [0, 0.05) is 19.2 Å². The first-order valence-corrected chi connectivity index (χ1v) is 8.59. The topological polar surface area (TPSA) is 83.8 Å². The SMILES string of the molecule is O=C1c2ccccc2C(=O)N1c1ccc(N2CCCCC2)c([N+](=O)[O-])c1. The van der Waals surface area contributed by atoms with Crippen LogP contribution in [0.5, 0.6) is 0 Å². The average molecular weight is 351 g/mol. The highest BCUT2D eigenvalue weighted by Crippen LogP contribution is 2.36. The molecule has 4 rings (SSSR count). The minimum Gasteiger partial charge on any atom is -0.366 e. The molecule has 0 unspecified atom stereocenters. The van der Waals surface area contributed by atoms with Crippen molar-refractivity contribution < 1.29 is 14.5 Å². The molecular formula is C19H17N3O4. The van der Waals surface area contributed by atoms with E-state index in [2.05, 4.69) is 0 Å². The number of hydrogen-bond acceptors (Lipinski definition) is 5. The van der Waals surface area contributed by atoms with E-state index in [9.17, 15) is 19.7 Å². The van der Waals surface area contributed by atoms with E-state index < -0.39 is 16.7 Å². The molecule has 132 valence electrons. The number of hydrogen-bond donors (Lipinski definition) is 0. The van der Waals surface area contributed by atoms with Gasteiger partial charge in [-0.3, -0.25) is 19.7 Å². The molecule has 0 atom stereocenters. The molecule has 2 aromatic carbocycles. The number of amides is 2. The van der Waals surface area contributed by atoms with E-state index in [4.69, 9.17) is 0 Å². The number of nitro groups is 1. The Morgan fingerprint density at radius 1 is 0.885 bits per heavy atom. The summed E-state index contributed by atoms with van der Waals surface area (Å²) in [4.78, 5) is 39.4. The molecule has 1 saturated heterocycles. The molecule has 0 saturated carbocycles. The van der Waals surface area contributed by atoms with Crippen LogP contribution in [-0.2, 0) is 0 Å². The number of anilines is 2. The van der Waals surface area contributed by atoms with Crippen molar-refractivity contribution in [3.8, 4) is 0 Å². The van der Waals surface area contributed by atoms with Gasteiger partial charge >= 0.3 is 0 Å². The van der Waals surface area contributed by atoms with Crippen LogP contribution < -0.4 is 9.80 Å². The van der Waals surface area contributed by atoms with Gasteiger partial charge in [0.25, 0.3) is 17.5 Å². The van der Waals surface area contributed by atoms with Gasteiger partial charge in [0.2, 0.25) is 0 Å². The summed E-state index contributed by atoms with van der Waals surface area (Å²) in [7, 11) is 0. The third-order valence-corrected chi connectivity index (χ3v) is 4.90. The lowest BCUT2D eigenvalue weighted by atomic mass is 10.1. The second-order valence-corrected chi connectivity index (χ2v) is 6.47. The number of carbonyl (C=O) groups is 2. The van der Waals surface area contributed by atoms with E-state index in [0.717, 1.165) is 37.3 Å². The minimum absolute atomic E-state index is 0.0824. The van der Waals surface area contributed by atoms with Crippen molar-refractivity contribution in [2.24, 2.45) is 0 Å². The Morgan fingerprint density at radius 3 is 2.08 bits per heavy atom. The molecule has 7 heteroatoms. The van der Waals surface area contributed by atoms with Gasteiger partial charge in [-0.2, -0.15) is 0 Å². The molecule has 1 fully saturated rings. The number of carbonyl (C=O) groups excluding carboxylic acids is 2. The van der Waals surface area contributed by atoms with Gasteiger partial charge in [-0.25, -0.2) is 4.90 Å². The van der Waals surface area contributed by atoms with Crippen LogP contribution in [0.4, 0.5) is 17.1 Å². The van der Waals surface area contributed by atoms with Crippen molar-refractivity contribution in [1.82, 2.24) is 0 Å². The van der Waals surface area contributed by atoms with Crippen LogP contribution in [0.25, 0.3) is 0 Å². The van der Waals surface area contributed by atoms with Gasteiger partial charge in [0.15, 0.2) is 0 Å². The zero-order valence-corrected chi connectivity index (χ0v) is 14.1. The third-order valence-electron chi connectivity index (χ3n) is 4.90. The van der Waals surface area contributed by atoms with E-state index in [1.807, 2.05) is 4.90 Å². The molecule has 2 heterocycles. The van der Waals surface area contributed by atoms with E-state index >= 15 is 0 Å². The molecule has 0 aromatic heterocycles. The quantitative estimate of drug-likeness (QED) is 0.481. The Hall–Kier alpha value is -3.22. The average Bonchev–Trinajstić information content (AvgIpc) is 2.93. The molecule has 0 spiro atoms. The molecule has 26 heavy (non-hydrogen) atoms. The highest BCUT2D eigenvalue weighted by molar-refractivity contribution is 6.34. The van der Waals surface area contributed by atoms with Crippen molar-refractivity contribution in [2.75, 3.05) is 22.9 Å². The number of imide groups is 1. The normalized spacial score (nSPS) is 16.8. The first-order chi connectivity index (χ1) is 12.6. The fraction of sp³-hybridized carbons (Fsp3) is 0.263. The first-order valence-electron chi connectivity index (χ1n) is 8.59. The van der Waals surface area contributed by atoms with Crippen LogP contribution in [-0.4, -0.2) is 29.8 Å². The second-order valence-electron chi connectivity index (χ2n) is 6.47. The Bertz CT molecular complexity index is 884. The summed E-state index contributed by atoms with van der Waals surface area (Å²) in [6.45, 7) is 1.54. The third kappa shape index (κ3) is 2.52. The van der Waals surface area contributed by atoms with Crippen molar-refractivity contribution >= 4 is 28.9 Å². The highest BCUT2D eigenvalue weighted by atomic mass is 16.6. The van der Waals surface area contributed by atoms with Crippen LogP contribution in [0.15, 0.2) is 42.5 Å². The minimum atomic E-state index is -0.453. The monoisotopic (exact) mass is 351 g/mol. The van der Waals surface area contributed by atoms with Crippen LogP contribution in [0, 0.1) is 10.1 Å². The number of rotatable bonds is 3. The van der Waals surface area contributed by atoms with E-state index in [1.54, 1.807) is 36.4 Å². The number of piperidine rings is 1. The highest BCUT2D eigenvalue weighted by Gasteiger charge is 2.37. The number of nitro benzene ring substituents is 1. The maximum Gasteiger partial charge on any atom is 0.294 e. The Labute approximate surface area is 150 Å². The Morgan fingerprint density at radius 2 is 1.50 bits per heavy atom. The summed E-state index contributed by atoms with van der Waals surface area (Å²) in [6.07, 6.45) is 3.12. The van der Waals surface area contributed by atoms with E-state index in [1.165, 1.54) is 6.07 Å². The zero-order chi connectivity index (χ0) is 18.3. The number of fused-ring (bicyclic) bond motifs is 1. The maximum absolute atomic E-state index is 12.6. The molecule has 2 aromatic rings.